The molecule has 0 saturated carbocycles. The Bertz CT molecular complexity index is 1820. The number of carbonyl (C=O) groups is 8. The van der Waals surface area contributed by atoms with Crippen LogP contribution in [-0.2, 0) is 38.4 Å². The number of aliphatic carboxylic acids is 1. The van der Waals surface area contributed by atoms with Gasteiger partial charge in [-0.2, -0.15) is 0 Å². The van der Waals surface area contributed by atoms with Gasteiger partial charge in [0.25, 0.3) is 0 Å². The van der Waals surface area contributed by atoms with E-state index in [-0.39, 0.29) is 41.4 Å². The lowest BCUT2D eigenvalue weighted by Crippen LogP contribution is -2.47. The van der Waals surface area contributed by atoms with Crippen molar-refractivity contribution in [3.63, 3.8) is 0 Å². The van der Waals surface area contributed by atoms with Crippen LogP contribution in [0.25, 0.3) is 0 Å². The normalized spacial score (nSPS) is 12.6. The van der Waals surface area contributed by atoms with Gasteiger partial charge in [-0.05, 0) is 148 Å². The molecule has 0 spiro atoms. The Morgan fingerprint density at radius 2 is 0.457 bits per heavy atom. The first kappa shape index (κ1) is 87.6. The molecule has 7 amide bonds. The fourth-order valence-electron chi connectivity index (χ4n) is 11.6. The molecular formula is C72H141N11O9. The number of hydrogen-bond acceptors (Lipinski definition) is 12. The van der Waals surface area contributed by atoms with Gasteiger partial charge in [-0.15, -0.1) is 0 Å². The minimum atomic E-state index is -1.00. The predicted octanol–water partition coefficient (Wildman–Crippen LogP) is 11.5. The van der Waals surface area contributed by atoms with Crippen LogP contribution < -0.4 is 60.2 Å². The summed E-state index contributed by atoms with van der Waals surface area (Å²) in [6, 6.07) is -2.45. The van der Waals surface area contributed by atoms with E-state index in [1.807, 2.05) is 0 Å². The zero-order chi connectivity index (χ0) is 67.6. The third-order valence-electron chi connectivity index (χ3n) is 17.5. The molecule has 0 heterocycles. The van der Waals surface area contributed by atoms with Crippen LogP contribution in [0.15, 0.2) is 0 Å². The minimum Gasteiger partial charge on any atom is -0.480 e. The molecule has 0 bridgehead atoms. The number of nitrogens with one attached hydrogen (secondary N) is 7. The number of amides is 7. The van der Waals surface area contributed by atoms with E-state index in [0.29, 0.717) is 104 Å². The zero-order valence-corrected chi connectivity index (χ0v) is 58.6. The molecule has 4 atom stereocenters. The molecule has 538 valence electrons. The molecule has 0 saturated heterocycles. The third-order valence-corrected chi connectivity index (χ3v) is 17.5. The van der Waals surface area contributed by atoms with E-state index >= 15 is 0 Å². The Balaban J connectivity index is 4.20. The average molecular weight is 1300 g/mol. The molecular weight excluding hydrogens is 1160 g/mol. The van der Waals surface area contributed by atoms with E-state index < -0.39 is 30.1 Å². The molecule has 0 aromatic carbocycles. The summed E-state index contributed by atoms with van der Waals surface area (Å²) in [6.45, 7) is 6.19. The predicted molar refractivity (Wildman–Crippen MR) is 376 cm³/mol. The molecule has 20 nitrogen and oxygen atoms in total. The number of carboxylic acids is 1. The van der Waals surface area contributed by atoms with Crippen LogP contribution in [0.5, 0.6) is 0 Å². The van der Waals surface area contributed by atoms with Crippen molar-refractivity contribution in [2.75, 3.05) is 45.8 Å². The highest BCUT2D eigenvalue weighted by Crippen LogP contribution is 2.16. The molecule has 0 aliphatic rings. The lowest BCUT2D eigenvalue weighted by Gasteiger charge is -2.18. The Labute approximate surface area is 559 Å². The summed E-state index contributed by atoms with van der Waals surface area (Å²) in [5.74, 6) is -1.74. The third kappa shape index (κ3) is 57.1. The van der Waals surface area contributed by atoms with Gasteiger partial charge in [-0.25, -0.2) is 4.79 Å². The number of carboxylic acid groups (broad SMARTS) is 1. The molecule has 0 aliphatic heterocycles. The van der Waals surface area contributed by atoms with E-state index in [4.69, 9.17) is 22.9 Å². The first-order chi connectivity index (χ1) is 44.8. The van der Waals surface area contributed by atoms with E-state index in [9.17, 15) is 43.5 Å². The van der Waals surface area contributed by atoms with Gasteiger partial charge in [0, 0.05) is 45.3 Å². The van der Waals surface area contributed by atoms with Gasteiger partial charge in [-0.1, -0.05) is 193 Å². The monoisotopic (exact) mass is 1300 g/mol. The van der Waals surface area contributed by atoms with Crippen molar-refractivity contribution in [3.8, 4) is 0 Å². The van der Waals surface area contributed by atoms with Crippen LogP contribution in [0.1, 0.15) is 341 Å². The zero-order valence-electron chi connectivity index (χ0n) is 58.6. The van der Waals surface area contributed by atoms with Gasteiger partial charge in [0.1, 0.15) is 24.2 Å². The summed E-state index contributed by atoms with van der Waals surface area (Å²) in [5.41, 5.74) is 22.7. The molecule has 0 unspecified atom stereocenters. The van der Waals surface area contributed by atoms with Gasteiger partial charge < -0.3 is 65.3 Å². The second-order valence-corrected chi connectivity index (χ2v) is 26.2. The maximum atomic E-state index is 13.2. The van der Waals surface area contributed by atoms with Gasteiger partial charge in [0.2, 0.25) is 41.4 Å². The Morgan fingerprint density at radius 3 is 0.674 bits per heavy atom. The van der Waals surface area contributed by atoms with Crippen molar-refractivity contribution in [3.05, 3.63) is 0 Å². The van der Waals surface area contributed by atoms with E-state index in [0.717, 1.165) is 238 Å². The van der Waals surface area contributed by atoms with Crippen LogP contribution in [0.3, 0.4) is 0 Å². The number of unbranched alkanes of at least 4 members (excludes halogenated alkanes) is 36. The first-order valence-electron chi connectivity index (χ1n) is 37.9. The van der Waals surface area contributed by atoms with Crippen LogP contribution >= 0.6 is 0 Å². The van der Waals surface area contributed by atoms with E-state index in [1.165, 1.54) is 38.5 Å². The summed E-state index contributed by atoms with van der Waals surface area (Å²) in [6.07, 6.45) is 48.3. The van der Waals surface area contributed by atoms with Gasteiger partial charge >= 0.3 is 5.97 Å². The van der Waals surface area contributed by atoms with E-state index in [1.54, 1.807) is 0 Å². The van der Waals surface area contributed by atoms with Crippen LogP contribution in [0.4, 0.5) is 0 Å². The Kier molecular flexibility index (Phi) is 63.4. The molecule has 92 heavy (non-hydrogen) atoms. The maximum Gasteiger partial charge on any atom is 0.326 e. The summed E-state index contributed by atoms with van der Waals surface area (Å²) >= 11 is 0. The molecule has 0 aromatic heterocycles. The smallest absolute Gasteiger partial charge is 0.326 e. The fourth-order valence-corrected chi connectivity index (χ4v) is 11.6. The molecule has 0 aliphatic carbocycles. The Morgan fingerprint density at radius 1 is 0.261 bits per heavy atom. The van der Waals surface area contributed by atoms with Crippen molar-refractivity contribution >= 4 is 47.3 Å². The van der Waals surface area contributed by atoms with Crippen molar-refractivity contribution in [1.29, 1.82) is 0 Å². The highest BCUT2D eigenvalue weighted by molar-refractivity contribution is 5.89. The fraction of sp³-hybridized carbons (Fsp3) is 0.889. The van der Waals surface area contributed by atoms with Crippen LogP contribution in [-0.4, -0.2) is 122 Å². The average Bonchev–Trinajstić information content (AvgIpc) is 3.75. The summed E-state index contributed by atoms with van der Waals surface area (Å²) in [5, 5.41) is 30.2. The van der Waals surface area contributed by atoms with Crippen molar-refractivity contribution < 1.29 is 43.5 Å². The number of nitrogens with two attached hydrogens (primary N) is 4. The molecule has 20 heteroatoms. The summed E-state index contributed by atoms with van der Waals surface area (Å²) < 4.78 is 0. The van der Waals surface area contributed by atoms with Gasteiger partial charge in [0.15, 0.2) is 0 Å². The highest BCUT2D eigenvalue weighted by atomic mass is 16.4. The van der Waals surface area contributed by atoms with Crippen molar-refractivity contribution in [2.24, 2.45) is 22.9 Å². The lowest BCUT2D eigenvalue weighted by atomic mass is 10.0. The number of hydrogen-bond donors (Lipinski definition) is 12. The van der Waals surface area contributed by atoms with Crippen molar-refractivity contribution in [2.45, 2.75) is 365 Å². The second kappa shape index (κ2) is 66.6. The quantitative estimate of drug-likeness (QED) is 0.0252. The standard InChI is InChI=1S/C72H141N11O9/c1-2-3-4-5-6-10-17-24-31-50-65(84)80-61(46-35-39-54-73)69(88)77-58-43-28-21-14-7-11-18-25-32-51-66(85)81-62(47-36-40-55-74)70(89)78-59-44-29-22-15-8-12-19-26-33-52-67(86)82-63(48-37-41-56-75)71(90)79-60-45-30-23-16-9-13-20-27-34-53-68(87)83-64(72(91)92)49-38-42-57-76/h61-64H,2-60,73-76H2,1H3,(H,77,88)(H,78,89)(H,79,90)(H,80,84)(H,81,85)(H,82,86)(H,83,87)(H,91,92)/t61-,62-,63-,64-/m0/s1. The van der Waals surface area contributed by atoms with Crippen molar-refractivity contribution in [1.82, 2.24) is 37.2 Å². The largest absolute Gasteiger partial charge is 0.480 e. The van der Waals surface area contributed by atoms with Crippen LogP contribution in [0, 0.1) is 0 Å². The van der Waals surface area contributed by atoms with Crippen LogP contribution in [0.2, 0.25) is 0 Å². The lowest BCUT2D eigenvalue weighted by molar-refractivity contribution is -0.142. The second-order valence-electron chi connectivity index (χ2n) is 26.2. The number of rotatable bonds is 70. The topological polar surface area (TPSA) is 345 Å². The first-order valence-corrected chi connectivity index (χ1v) is 37.9. The summed E-state index contributed by atoms with van der Waals surface area (Å²) in [4.78, 5) is 102. The molecule has 0 aromatic rings. The highest BCUT2D eigenvalue weighted by Gasteiger charge is 2.23. The summed E-state index contributed by atoms with van der Waals surface area (Å²) in [7, 11) is 0. The minimum absolute atomic E-state index is 0.0331. The van der Waals surface area contributed by atoms with Gasteiger partial charge in [-0.3, -0.25) is 33.6 Å². The number of carbonyl (C=O) groups excluding carboxylic acids is 7. The SMILES string of the molecule is CCCCCCCCCCCC(=O)N[C@@H](CCCCN)C(=O)NCCCCCCCCCCCC(=O)N[C@@H](CCCCN)C(=O)NCCCCCCCCCCCC(=O)N[C@@H](CCCCN)C(=O)NCCCCCCCCCCCC(=O)N[C@@H](CCCCN)C(=O)O. The Hall–Kier alpha value is -4.40. The van der Waals surface area contributed by atoms with E-state index in [2.05, 4.69) is 44.1 Å². The molecule has 16 N–H and O–H groups in total. The maximum absolute atomic E-state index is 13.2. The molecule has 0 rings (SSSR count). The van der Waals surface area contributed by atoms with Gasteiger partial charge in [0.05, 0.1) is 0 Å². The molecule has 0 fully saturated rings. The molecule has 0 radical (unpaired) electrons.